The summed E-state index contributed by atoms with van der Waals surface area (Å²) >= 11 is 0. The summed E-state index contributed by atoms with van der Waals surface area (Å²) in [5, 5.41) is 17.1. The van der Waals surface area contributed by atoms with Crippen LogP contribution in [0.2, 0.25) is 0 Å². The zero-order valence-electron chi connectivity index (χ0n) is 21.5. The lowest BCUT2D eigenvalue weighted by atomic mass is 10.0. The molecule has 8 nitrogen and oxygen atoms in total. The number of alkyl carbamates (subject to hydrolysis) is 1. The van der Waals surface area contributed by atoms with E-state index in [2.05, 4.69) is 17.2 Å². The maximum atomic E-state index is 13.6. The van der Waals surface area contributed by atoms with Gasteiger partial charge in [0.1, 0.15) is 17.7 Å². The summed E-state index contributed by atoms with van der Waals surface area (Å²) in [5.74, 6) is -1.11. The number of hydrogen-bond acceptors (Lipinski definition) is 5. The number of aliphatic hydroxyl groups excluding tert-OH is 1. The van der Waals surface area contributed by atoms with E-state index in [-0.39, 0.29) is 0 Å². The highest BCUT2D eigenvalue weighted by Crippen LogP contribution is 2.26. The summed E-state index contributed by atoms with van der Waals surface area (Å²) in [6.07, 6.45) is 0.795. The van der Waals surface area contributed by atoms with Crippen LogP contribution in [0.3, 0.4) is 0 Å². The Morgan fingerprint density at radius 3 is 2.38 bits per heavy atom. The van der Waals surface area contributed by atoms with Crippen molar-refractivity contribution in [2.24, 2.45) is 0 Å². The largest absolute Gasteiger partial charge is 0.444 e. The topological polar surface area (TPSA) is 108 Å². The molecule has 8 heteroatoms. The van der Waals surface area contributed by atoms with E-state index in [0.29, 0.717) is 11.3 Å². The Balaban J connectivity index is 1.91. The van der Waals surface area contributed by atoms with Gasteiger partial charge in [0, 0.05) is 12.7 Å². The summed E-state index contributed by atoms with van der Waals surface area (Å²) in [7, 11) is 1.45. The third kappa shape index (κ3) is 7.17. The van der Waals surface area contributed by atoms with Crippen LogP contribution in [-0.4, -0.2) is 53.2 Å². The van der Waals surface area contributed by atoms with Gasteiger partial charge in [-0.15, -0.1) is 0 Å². The number of amides is 3. The highest BCUT2D eigenvalue weighted by molar-refractivity contribution is 6.00. The third-order valence-corrected chi connectivity index (χ3v) is 5.63. The zero-order valence-corrected chi connectivity index (χ0v) is 21.5. The van der Waals surface area contributed by atoms with Crippen LogP contribution >= 0.6 is 0 Å². The van der Waals surface area contributed by atoms with Crippen LogP contribution in [0.1, 0.15) is 37.9 Å². The van der Waals surface area contributed by atoms with Gasteiger partial charge in [-0.2, -0.15) is 0 Å². The number of nitrogens with zero attached hydrogens (tertiary/aromatic N) is 1. The third-order valence-electron chi connectivity index (χ3n) is 5.63. The molecule has 194 valence electrons. The Kier molecular flexibility index (Phi) is 8.68. The Morgan fingerprint density at radius 1 is 1.03 bits per heavy atom. The summed E-state index contributed by atoms with van der Waals surface area (Å²) in [6, 6.07) is 18.0. The van der Waals surface area contributed by atoms with Crippen LogP contribution in [0.5, 0.6) is 0 Å². The molecule has 3 aromatic rings. The Hall–Kier alpha value is -4.17. The van der Waals surface area contributed by atoms with E-state index in [4.69, 9.17) is 4.74 Å². The SMILES string of the molecule is C=Cc1cccc(C(C(=O)Nc2ccc3ccccc3c2)N(C)C(=O)C(CO)NC(=O)OC(C)(C)C)c1. The molecule has 0 aliphatic heterocycles. The summed E-state index contributed by atoms with van der Waals surface area (Å²) in [6.45, 7) is 8.17. The molecule has 0 aliphatic carbocycles. The van der Waals surface area contributed by atoms with Gasteiger partial charge in [0.05, 0.1) is 6.61 Å². The van der Waals surface area contributed by atoms with E-state index in [1.54, 1.807) is 51.1 Å². The van der Waals surface area contributed by atoms with E-state index < -0.39 is 42.2 Å². The van der Waals surface area contributed by atoms with Crippen LogP contribution in [0.4, 0.5) is 10.5 Å². The lowest BCUT2D eigenvalue weighted by molar-refractivity contribution is -0.139. The fraction of sp³-hybridized carbons (Fsp3) is 0.276. The van der Waals surface area contributed by atoms with Crippen molar-refractivity contribution in [1.29, 1.82) is 0 Å². The van der Waals surface area contributed by atoms with E-state index in [9.17, 15) is 19.5 Å². The predicted octanol–water partition coefficient (Wildman–Crippen LogP) is 4.51. The summed E-state index contributed by atoms with van der Waals surface area (Å²) < 4.78 is 5.21. The highest BCUT2D eigenvalue weighted by atomic mass is 16.6. The van der Waals surface area contributed by atoms with Gasteiger partial charge in [-0.05, 0) is 60.9 Å². The number of aliphatic hydroxyl groups is 1. The number of fused-ring (bicyclic) bond motifs is 1. The monoisotopic (exact) mass is 503 g/mol. The van der Waals surface area contributed by atoms with Crippen LogP contribution in [0.15, 0.2) is 73.3 Å². The van der Waals surface area contributed by atoms with Crippen molar-refractivity contribution in [3.8, 4) is 0 Å². The van der Waals surface area contributed by atoms with Gasteiger partial charge in [-0.1, -0.05) is 61.2 Å². The molecule has 0 saturated heterocycles. The van der Waals surface area contributed by atoms with Crippen molar-refractivity contribution in [2.45, 2.75) is 38.5 Å². The van der Waals surface area contributed by atoms with Gasteiger partial charge >= 0.3 is 6.09 Å². The molecule has 0 saturated carbocycles. The molecule has 0 fully saturated rings. The van der Waals surface area contributed by atoms with E-state index >= 15 is 0 Å². The first-order chi connectivity index (χ1) is 17.5. The Labute approximate surface area is 216 Å². The molecule has 3 amide bonds. The zero-order chi connectivity index (χ0) is 27.2. The predicted molar refractivity (Wildman–Crippen MR) is 145 cm³/mol. The number of rotatable bonds is 8. The van der Waals surface area contributed by atoms with Gasteiger partial charge in [-0.25, -0.2) is 4.79 Å². The number of carbonyl (C=O) groups excluding carboxylic acids is 3. The van der Waals surface area contributed by atoms with Crippen molar-refractivity contribution in [2.75, 3.05) is 19.0 Å². The molecule has 0 aromatic heterocycles. The molecule has 0 heterocycles. The average Bonchev–Trinajstić information content (AvgIpc) is 2.86. The van der Waals surface area contributed by atoms with E-state index in [1.807, 2.05) is 42.5 Å². The minimum atomic E-state index is -1.31. The summed E-state index contributed by atoms with van der Waals surface area (Å²) in [4.78, 5) is 40.4. The quantitative estimate of drug-likeness (QED) is 0.419. The first-order valence-electron chi connectivity index (χ1n) is 11.9. The van der Waals surface area contributed by atoms with Crippen molar-refractivity contribution >= 4 is 40.4 Å². The number of ether oxygens (including phenoxy) is 1. The maximum absolute atomic E-state index is 13.6. The number of carbonyl (C=O) groups is 3. The van der Waals surface area contributed by atoms with Crippen molar-refractivity contribution in [3.63, 3.8) is 0 Å². The first kappa shape index (κ1) is 27.4. The molecular formula is C29H33N3O5. The van der Waals surface area contributed by atoms with Crippen LogP contribution in [0, 0.1) is 0 Å². The number of likely N-dealkylation sites (N-methyl/N-ethyl adjacent to an activating group) is 1. The van der Waals surface area contributed by atoms with Crippen LogP contribution in [0.25, 0.3) is 16.8 Å². The maximum Gasteiger partial charge on any atom is 0.408 e. The Bertz CT molecular complexity index is 1300. The minimum Gasteiger partial charge on any atom is -0.444 e. The molecule has 2 unspecified atom stereocenters. The van der Waals surface area contributed by atoms with Crippen molar-refractivity contribution in [1.82, 2.24) is 10.2 Å². The van der Waals surface area contributed by atoms with Gasteiger partial charge in [0.15, 0.2) is 0 Å². The average molecular weight is 504 g/mol. The van der Waals surface area contributed by atoms with Gasteiger partial charge < -0.3 is 25.4 Å². The van der Waals surface area contributed by atoms with Crippen molar-refractivity contribution < 1.29 is 24.2 Å². The molecule has 3 aromatic carbocycles. The number of benzene rings is 3. The molecular weight excluding hydrogens is 470 g/mol. The fourth-order valence-electron chi connectivity index (χ4n) is 3.89. The highest BCUT2D eigenvalue weighted by Gasteiger charge is 2.34. The molecule has 0 aliphatic rings. The Morgan fingerprint density at radius 2 is 1.73 bits per heavy atom. The van der Waals surface area contributed by atoms with Crippen LogP contribution in [-0.2, 0) is 14.3 Å². The van der Waals surface area contributed by atoms with Crippen LogP contribution < -0.4 is 10.6 Å². The second-order valence-electron chi connectivity index (χ2n) is 9.66. The number of anilines is 1. The molecule has 0 radical (unpaired) electrons. The lowest BCUT2D eigenvalue weighted by Crippen LogP contribution is -2.52. The lowest BCUT2D eigenvalue weighted by Gasteiger charge is -2.31. The minimum absolute atomic E-state index is 0.457. The van der Waals surface area contributed by atoms with Gasteiger partial charge in [0.2, 0.25) is 5.91 Å². The summed E-state index contributed by atoms with van der Waals surface area (Å²) in [5.41, 5.74) is 1.10. The standard InChI is InChI=1S/C29H33N3O5/c1-6-19-10-9-13-22(16-19)25(26(34)30-23-15-14-20-11-7-8-12-21(20)17-23)32(5)27(35)24(18-33)31-28(36)37-29(2,3)4/h6-17,24-25,33H,1,18H2,2-5H3,(H,30,34)(H,31,36). The van der Waals surface area contributed by atoms with Gasteiger partial charge in [-0.3, -0.25) is 9.59 Å². The number of nitrogens with one attached hydrogen (secondary N) is 2. The molecule has 0 spiro atoms. The number of hydrogen-bond donors (Lipinski definition) is 3. The van der Waals surface area contributed by atoms with Crippen molar-refractivity contribution in [3.05, 3.63) is 84.4 Å². The van der Waals surface area contributed by atoms with Gasteiger partial charge in [0.25, 0.3) is 5.91 Å². The first-order valence-corrected chi connectivity index (χ1v) is 11.9. The molecule has 2 atom stereocenters. The second kappa shape index (κ2) is 11.7. The molecule has 3 rings (SSSR count). The normalized spacial score (nSPS) is 12.8. The van der Waals surface area contributed by atoms with E-state index in [0.717, 1.165) is 16.3 Å². The smallest absolute Gasteiger partial charge is 0.408 e. The molecule has 3 N–H and O–H groups in total. The molecule has 37 heavy (non-hydrogen) atoms. The van der Waals surface area contributed by atoms with E-state index in [1.165, 1.54) is 11.9 Å². The second-order valence-corrected chi connectivity index (χ2v) is 9.66. The fourth-order valence-corrected chi connectivity index (χ4v) is 3.89. The molecule has 0 bridgehead atoms.